The van der Waals surface area contributed by atoms with E-state index in [0.717, 1.165) is 6.08 Å². The van der Waals surface area contributed by atoms with Crippen LogP contribution < -0.4 is 0 Å². The van der Waals surface area contributed by atoms with E-state index >= 15 is 0 Å². The Labute approximate surface area is 91.8 Å². The molecule has 0 heterocycles. The van der Waals surface area contributed by atoms with Crippen molar-refractivity contribution in [1.82, 2.24) is 0 Å². The molecule has 0 atom stereocenters. The number of rotatable bonds is 5. The number of benzene rings is 1. The lowest BCUT2D eigenvalue weighted by Gasteiger charge is -1.99. The molecule has 0 fully saturated rings. The lowest BCUT2D eigenvalue weighted by Crippen LogP contribution is -1.84. The minimum Gasteiger partial charge on any atom is -0.222 e. The maximum atomic E-state index is 8.35. The smallest absolute Gasteiger partial charge is 0.222 e. The molecule has 1 aromatic carbocycles. The average molecular weight is 205 g/mol. The number of isocyanates is 1. The van der Waals surface area contributed by atoms with Gasteiger partial charge in [0.25, 0.3) is 0 Å². The van der Waals surface area contributed by atoms with Crippen LogP contribution in [0.5, 0.6) is 0 Å². The van der Waals surface area contributed by atoms with Crippen LogP contribution in [0.15, 0.2) is 30.3 Å². The van der Waals surface area contributed by atoms with Gasteiger partial charge in [-0.05, 0) is 18.4 Å². The SMILES string of the molecule is CCCCCCc1ccccc1.N=C=O. The molecule has 0 unspecified atom stereocenters. The Bertz CT molecular complexity index is 263. The van der Waals surface area contributed by atoms with Gasteiger partial charge >= 0.3 is 0 Å². The fourth-order valence-electron chi connectivity index (χ4n) is 1.40. The van der Waals surface area contributed by atoms with Crippen LogP contribution in [0.2, 0.25) is 0 Å². The summed E-state index contributed by atoms with van der Waals surface area (Å²) in [7, 11) is 0. The highest BCUT2D eigenvalue weighted by molar-refractivity contribution is 5.26. The molecule has 0 aliphatic carbocycles. The highest BCUT2D eigenvalue weighted by Crippen LogP contribution is 2.06. The first-order valence-corrected chi connectivity index (χ1v) is 5.43. The molecule has 0 radical (unpaired) electrons. The Morgan fingerprint density at radius 1 is 1.13 bits per heavy atom. The Hall–Kier alpha value is -1.40. The van der Waals surface area contributed by atoms with Crippen LogP contribution >= 0.6 is 0 Å². The quantitative estimate of drug-likeness (QED) is 0.444. The second-order valence-corrected chi connectivity index (χ2v) is 3.40. The third kappa shape index (κ3) is 8.92. The van der Waals surface area contributed by atoms with E-state index in [9.17, 15) is 0 Å². The molecule has 2 heteroatoms. The summed E-state index contributed by atoms with van der Waals surface area (Å²) in [6.07, 6.45) is 7.44. The maximum Gasteiger partial charge on any atom is 0.231 e. The summed E-state index contributed by atoms with van der Waals surface area (Å²) >= 11 is 0. The summed E-state index contributed by atoms with van der Waals surface area (Å²) in [6, 6.07) is 10.7. The van der Waals surface area contributed by atoms with Crippen LogP contribution in [-0.2, 0) is 11.2 Å². The molecule has 2 nitrogen and oxygen atoms in total. The largest absolute Gasteiger partial charge is 0.231 e. The van der Waals surface area contributed by atoms with Gasteiger partial charge in [-0.2, -0.15) is 0 Å². The first-order chi connectivity index (χ1) is 7.35. The van der Waals surface area contributed by atoms with Crippen molar-refractivity contribution in [3.8, 4) is 0 Å². The van der Waals surface area contributed by atoms with E-state index in [0.29, 0.717) is 0 Å². The van der Waals surface area contributed by atoms with Crippen LogP contribution in [-0.4, -0.2) is 6.08 Å². The molecule has 1 aromatic rings. The Kier molecular flexibility index (Phi) is 9.68. The lowest BCUT2D eigenvalue weighted by atomic mass is 10.1. The van der Waals surface area contributed by atoms with E-state index in [1.165, 1.54) is 37.7 Å². The minimum atomic E-state index is 0.750. The molecular weight excluding hydrogens is 186 g/mol. The fourth-order valence-corrected chi connectivity index (χ4v) is 1.40. The number of carbonyl (C=O) groups excluding carboxylic acids is 1. The van der Waals surface area contributed by atoms with E-state index < -0.39 is 0 Å². The summed E-state index contributed by atoms with van der Waals surface area (Å²) in [5, 5.41) is 5.40. The Morgan fingerprint density at radius 3 is 2.27 bits per heavy atom. The van der Waals surface area contributed by atoms with Crippen molar-refractivity contribution in [3.05, 3.63) is 35.9 Å². The van der Waals surface area contributed by atoms with Crippen molar-refractivity contribution in [2.75, 3.05) is 0 Å². The van der Waals surface area contributed by atoms with Crippen LogP contribution in [0.4, 0.5) is 0 Å². The van der Waals surface area contributed by atoms with Crippen LogP contribution in [0, 0.1) is 5.41 Å². The molecule has 0 aliphatic heterocycles. The number of hydrogen-bond donors (Lipinski definition) is 1. The molecule has 1 rings (SSSR count). The molecule has 0 bridgehead atoms. The van der Waals surface area contributed by atoms with Gasteiger partial charge in [0.15, 0.2) is 0 Å². The molecular formula is C13H19NO. The predicted octanol–water partition coefficient (Wildman–Crippen LogP) is 3.71. The van der Waals surface area contributed by atoms with Crippen molar-refractivity contribution < 1.29 is 4.79 Å². The van der Waals surface area contributed by atoms with Gasteiger partial charge in [-0.3, -0.25) is 0 Å². The number of aryl methyl sites for hydroxylation is 1. The highest BCUT2D eigenvalue weighted by atomic mass is 16.1. The first-order valence-electron chi connectivity index (χ1n) is 5.43. The highest BCUT2D eigenvalue weighted by Gasteiger charge is 1.90. The van der Waals surface area contributed by atoms with E-state index in [2.05, 4.69) is 37.3 Å². The zero-order chi connectivity index (χ0) is 11.4. The molecule has 0 amide bonds. The topological polar surface area (TPSA) is 40.9 Å². The third-order valence-electron chi connectivity index (χ3n) is 2.16. The van der Waals surface area contributed by atoms with Crippen LogP contribution in [0.3, 0.4) is 0 Å². The van der Waals surface area contributed by atoms with Crippen molar-refractivity contribution in [3.63, 3.8) is 0 Å². The van der Waals surface area contributed by atoms with Crippen LogP contribution in [0.1, 0.15) is 38.2 Å². The van der Waals surface area contributed by atoms with Gasteiger partial charge in [-0.25, -0.2) is 10.2 Å². The average Bonchev–Trinajstić information content (AvgIpc) is 2.27. The normalized spacial score (nSPS) is 8.60. The molecule has 15 heavy (non-hydrogen) atoms. The monoisotopic (exact) mass is 205 g/mol. The van der Waals surface area contributed by atoms with Gasteiger partial charge in [0.2, 0.25) is 6.08 Å². The van der Waals surface area contributed by atoms with Gasteiger partial charge in [-0.15, -0.1) is 0 Å². The van der Waals surface area contributed by atoms with Gasteiger partial charge in [0.05, 0.1) is 0 Å². The molecule has 0 aromatic heterocycles. The lowest BCUT2D eigenvalue weighted by molar-refractivity contribution is 0.563. The number of unbranched alkanes of at least 4 members (excludes halogenated alkanes) is 3. The zero-order valence-corrected chi connectivity index (χ0v) is 9.33. The van der Waals surface area contributed by atoms with E-state index in [1.807, 2.05) is 0 Å². The first kappa shape index (κ1) is 13.6. The zero-order valence-electron chi connectivity index (χ0n) is 9.33. The molecule has 0 spiro atoms. The van der Waals surface area contributed by atoms with Crippen molar-refractivity contribution in [1.29, 1.82) is 5.41 Å². The Morgan fingerprint density at radius 2 is 1.73 bits per heavy atom. The second kappa shape index (κ2) is 10.7. The Balaban J connectivity index is 0.000000583. The summed E-state index contributed by atoms with van der Waals surface area (Å²) in [6.45, 7) is 2.25. The molecule has 0 aliphatic rings. The summed E-state index contributed by atoms with van der Waals surface area (Å²) in [5.41, 5.74) is 1.48. The molecule has 0 saturated carbocycles. The minimum absolute atomic E-state index is 0.750. The summed E-state index contributed by atoms with van der Waals surface area (Å²) < 4.78 is 0. The van der Waals surface area contributed by atoms with Crippen molar-refractivity contribution >= 4 is 6.08 Å². The third-order valence-corrected chi connectivity index (χ3v) is 2.16. The van der Waals surface area contributed by atoms with E-state index in [4.69, 9.17) is 10.2 Å². The molecule has 82 valence electrons. The summed E-state index contributed by atoms with van der Waals surface area (Å²) in [4.78, 5) is 8.35. The fraction of sp³-hybridized carbons (Fsp3) is 0.462. The number of nitrogens with one attached hydrogen (secondary N) is 1. The van der Waals surface area contributed by atoms with Gasteiger partial charge < -0.3 is 0 Å². The molecule has 1 N–H and O–H groups in total. The van der Waals surface area contributed by atoms with Gasteiger partial charge in [0, 0.05) is 0 Å². The summed E-state index contributed by atoms with van der Waals surface area (Å²) in [5.74, 6) is 0. The van der Waals surface area contributed by atoms with Crippen LogP contribution in [0.25, 0.3) is 0 Å². The standard InChI is InChI=1S/C12H18.CHNO/c1-2-3-4-6-9-12-10-7-5-8-11-12;2-1-3/h5,7-8,10-11H,2-4,6,9H2,1H3;2H. The van der Waals surface area contributed by atoms with Crippen molar-refractivity contribution in [2.45, 2.75) is 39.0 Å². The second-order valence-electron chi connectivity index (χ2n) is 3.40. The number of hydrogen-bond acceptors (Lipinski definition) is 2. The van der Waals surface area contributed by atoms with E-state index in [1.54, 1.807) is 0 Å². The van der Waals surface area contributed by atoms with Crippen molar-refractivity contribution in [2.24, 2.45) is 0 Å². The molecule has 0 saturated heterocycles. The maximum absolute atomic E-state index is 8.35. The predicted molar refractivity (Wildman–Crippen MR) is 62.7 cm³/mol. The van der Waals surface area contributed by atoms with E-state index in [-0.39, 0.29) is 0 Å². The van der Waals surface area contributed by atoms with Gasteiger partial charge in [-0.1, -0.05) is 56.5 Å². The van der Waals surface area contributed by atoms with Gasteiger partial charge in [0.1, 0.15) is 0 Å².